The first-order chi connectivity index (χ1) is 9.58. The predicted molar refractivity (Wildman–Crippen MR) is 76.2 cm³/mol. The molecular weight excluding hydrogens is 280 g/mol. The summed E-state index contributed by atoms with van der Waals surface area (Å²) < 4.78 is 29.5. The molecule has 3 aromatic rings. The average molecular weight is 293 g/mol. The van der Waals surface area contributed by atoms with Gasteiger partial charge < -0.3 is 5.32 Å². The van der Waals surface area contributed by atoms with Gasteiger partial charge in [0.25, 0.3) is 0 Å². The number of halogens is 2. The number of hydrogen-bond acceptors (Lipinski definition) is 3. The molecular formula is C14H13F2N3S. The number of thiazole rings is 1. The fraction of sp³-hybridized carbons (Fsp3) is 0.214. The van der Waals surface area contributed by atoms with Gasteiger partial charge in [0, 0.05) is 11.6 Å². The highest BCUT2D eigenvalue weighted by Crippen LogP contribution is 2.23. The minimum absolute atomic E-state index is 0.0884. The fourth-order valence-electron chi connectivity index (χ4n) is 2.14. The maximum atomic E-state index is 13.9. The van der Waals surface area contributed by atoms with Crippen LogP contribution >= 0.6 is 11.3 Å². The third kappa shape index (κ3) is 2.06. The van der Waals surface area contributed by atoms with Crippen LogP contribution in [-0.2, 0) is 6.54 Å². The molecule has 0 aliphatic rings. The number of anilines is 1. The zero-order valence-electron chi connectivity index (χ0n) is 11.1. The zero-order valence-corrected chi connectivity index (χ0v) is 11.9. The topological polar surface area (TPSA) is 29.3 Å². The van der Waals surface area contributed by atoms with Crippen molar-refractivity contribution in [2.45, 2.75) is 20.4 Å². The van der Waals surface area contributed by atoms with Crippen molar-refractivity contribution < 1.29 is 8.78 Å². The van der Waals surface area contributed by atoms with Gasteiger partial charge in [-0.1, -0.05) is 6.07 Å². The molecule has 0 radical (unpaired) electrons. The number of aryl methyl sites for hydroxylation is 2. The standard InChI is InChI=1S/C14H13F2N3S/c1-8-3-4-10(15)13(12(8)16)17-7-11-9(2)18-14-19(11)5-6-20-14/h3-6,17H,7H2,1-2H3. The van der Waals surface area contributed by atoms with Crippen LogP contribution in [0.1, 0.15) is 17.0 Å². The van der Waals surface area contributed by atoms with E-state index in [1.54, 1.807) is 6.92 Å². The highest BCUT2D eigenvalue weighted by atomic mass is 32.1. The van der Waals surface area contributed by atoms with Crippen molar-refractivity contribution in [3.8, 4) is 0 Å². The quantitative estimate of drug-likeness (QED) is 0.793. The van der Waals surface area contributed by atoms with Crippen LogP contribution in [0.25, 0.3) is 4.96 Å². The van der Waals surface area contributed by atoms with Gasteiger partial charge in [0.05, 0.1) is 17.9 Å². The fourth-order valence-corrected chi connectivity index (χ4v) is 2.92. The molecule has 0 spiro atoms. The van der Waals surface area contributed by atoms with Crippen molar-refractivity contribution in [1.29, 1.82) is 0 Å². The summed E-state index contributed by atoms with van der Waals surface area (Å²) in [4.78, 5) is 5.28. The van der Waals surface area contributed by atoms with Gasteiger partial charge in [0.2, 0.25) is 0 Å². The Kier molecular flexibility index (Phi) is 3.17. The highest BCUT2D eigenvalue weighted by Gasteiger charge is 2.14. The summed E-state index contributed by atoms with van der Waals surface area (Å²) >= 11 is 1.53. The Morgan fingerprint density at radius 3 is 2.90 bits per heavy atom. The van der Waals surface area contributed by atoms with Crippen LogP contribution in [-0.4, -0.2) is 9.38 Å². The van der Waals surface area contributed by atoms with Crippen LogP contribution in [0.15, 0.2) is 23.7 Å². The van der Waals surface area contributed by atoms with E-state index in [0.717, 1.165) is 16.3 Å². The summed E-state index contributed by atoms with van der Waals surface area (Å²) in [6.07, 6.45) is 1.90. The lowest BCUT2D eigenvalue weighted by molar-refractivity contribution is 0.582. The first-order valence-corrected chi connectivity index (χ1v) is 7.05. The van der Waals surface area contributed by atoms with Crippen LogP contribution in [0.3, 0.4) is 0 Å². The first kappa shape index (κ1) is 13.1. The molecule has 2 aromatic heterocycles. The number of nitrogens with zero attached hydrogens (tertiary/aromatic N) is 2. The molecule has 0 unspecified atom stereocenters. The van der Waals surface area contributed by atoms with E-state index in [9.17, 15) is 8.78 Å². The van der Waals surface area contributed by atoms with Crippen LogP contribution < -0.4 is 5.32 Å². The minimum atomic E-state index is -0.586. The second-order valence-corrected chi connectivity index (χ2v) is 5.48. The van der Waals surface area contributed by atoms with Crippen molar-refractivity contribution in [2.24, 2.45) is 0 Å². The summed E-state index contributed by atoms with van der Waals surface area (Å²) in [5.41, 5.74) is 2.09. The Hall–Kier alpha value is -1.95. The summed E-state index contributed by atoms with van der Waals surface area (Å²) in [5.74, 6) is -1.13. The Bertz CT molecular complexity index is 776. The molecule has 104 valence electrons. The molecule has 0 saturated carbocycles. The summed E-state index contributed by atoms with van der Waals surface area (Å²) in [7, 11) is 0. The third-order valence-corrected chi connectivity index (χ3v) is 4.03. The third-order valence-electron chi connectivity index (χ3n) is 3.28. The molecule has 1 N–H and O–H groups in total. The highest BCUT2D eigenvalue weighted by molar-refractivity contribution is 7.15. The van der Waals surface area contributed by atoms with E-state index in [-0.39, 0.29) is 5.69 Å². The molecule has 0 fully saturated rings. The van der Waals surface area contributed by atoms with Crippen LogP contribution in [0.5, 0.6) is 0 Å². The van der Waals surface area contributed by atoms with Gasteiger partial charge in [-0.2, -0.15) is 0 Å². The Morgan fingerprint density at radius 1 is 1.30 bits per heavy atom. The van der Waals surface area contributed by atoms with E-state index >= 15 is 0 Å². The van der Waals surface area contributed by atoms with Crippen molar-refractivity contribution in [1.82, 2.24) is 9.38 Å². The normalized spacial score (nSPS) is 11.2. The second-order valence-electron chi connectivity index (χ2n) is 4.61. The molecule has 20 heavy (non-hydrogen) atoms. The lowest BCUT2D eigenvalue weighted by Gasteiger charge is -2.10. The molecule has 3 nitrogen and oxygen atoms in total. The molecule has 1 aromatic carbocycles. The number of imidazole rings is 1. The molecule has 6 heteroatoms. The molecule has 0 amide bonds. The number of benzene rings is 1. The van der Waals surface area contributed by atoms with Crippen LogP contribution in [0, 0.1) is 25.5 Å². The number of fused-ring (bicyclic) bond motifs is 1. The van der Waals surface area contributed by atoms with Crippen LogP contribution in [0.4, 0.5) is 14.5 Å². The van der Waals surface area contributed by atoms with Crippen molar-refractivity contribution in [3.63, 3.8) is 0 Å². The van der Waals surface area contributed by atoms with Gasteiger partial charge in [0.1, 0.15) is 11.5 Å². The van der Waals surface area contributed by atoms with Gasteiger partial charge >= 0.3 is 0 Å². The second kappa shape index (κ2) is 4.86. The number of aromatic nitrogens is 2. The van der Waals surface area contributed by atoms with Gasteiger partial charge in [-0.3, -0.25) is 4.40 Å². The molecule has 0 atom stereocenters. The summed E-state index contributed by atoms with van der Waals surface area (Å²) in [6, 6.07) is 2.70. The molecule has 2 heterocycles. The molecule has 0 bridgehead atoms. The maximum absolute atomic E-state index is 13.9. The van der Waals surface area contributed by atoms with Crippen molar-refractivity contribution in [2.75, 3.05) is 5.32 Å². The lowest BCUT2D eigenvalue weighted by atomic mass is 10.2. The molecule has 3 rings (SSSR count). The van der Waals surface area contributed by atoms with Crippen molar-refractivity contribution >= 4 is 22.0 Å². The van der Waals surface area contributed by atoms with Crippen LogP contribution in [0.2, 0.25) is 0 Å². The largest absolute Gasteiger partial charge is 0.375 e. The van der Waals surface area contributed by atoms with Gasteiger partial charge in [-0.25, -0.2) is 13.8 Å². The smallest absolute Gasteiger partial charge is 0.194 e. The average Bonchev–Trinajstić information content (AvgIpc) is 2.96. The minimum Gasteiger partial charge on any atom is -0.375 e. The number of rotatable bonds is 3. The predicted octanol–water partition coefficient (Wildman–Crippen LogP) is 3.90. The molecule has 0 saturated heterocycles. The first-order valence-electron chi connectivity index (χ1n) is 6.17. The molecule has 0 aliphatic carbocycles. The number of hydrogen-bond donors (Lipinski definition) is 1. The van der Waals surface area contributed by atoms with Gasteiger partial charge in [-0.05, 0) is 25.5 Å². The Morgan fingerprint density at radius 2 is 2.10 bits per heavy atom. The molecule has 0 aliphatic heterocycles. The van der Waals surface area contributed by atoms with E-state index in [1.807, 2.05) is 22.9 Å². The Balaban J connectivity index is 1.92. The van der Waals surface area contributed by atoms with E-state index in [2.05, 4.69) is 10.3 Å². The zero-order chi connectivity index (χ0) is 14.3. The van der Waals surface area contributed by atoms with E-state index < -0.39 is 11.6 Å². The van der Waals surface area contributed by atoms with E-state index in [1.165, 1.54) is 23.5 Å². The van der Waals surface area contributed by atoms with Crippen molar-refractivity contribution in [3.05, 3.63) is 52.3 Å². The van der Waals surface area contributed by atoms with Gasteiger partial charge in [-0.15, -0.1) is 11.3 Å². The van der Waals surface area contributed by atoms with Gasteiger partial charge in [0.15, 0.2) is 10.8 Å². The maximum Gasteiger partial charge on any atom is 0.194 e. The van der Waals surface area contributed by atoms with E-state index in [4.69, 9.17) is 0 Å². The summed E-state index contributed by atoms with van der Waals surface area (Å²) in [5, 5.41) is 4.77. The number of nitrogens with one attached hydrogen (secondary N) is 1. The SMILES string of the molecule is Cc1ccc(F)c(NCc2c(C)nc3sccn23)c1F. The Labute approximate surface area is 118 Å². The van der Waals surface area contributed by atoms with E-state index in [0.29, 0.717) is 12.1 Å². The summed E-state index contributed by atoms with van der Waals surface area (Å²) in [6.45, 7) is 3.82. The monoisotopic (exact) mass is 293 g/mol. The lowest BCUT2D eigenvalue weighted by Crippen LogP contribution is -2.07.